The van der Waals surface area contributed by atoms with Crippen LogP contribution in [0, 0.1) is 0 Å². The van der Waals surface area contributed by atoms with Crippen LogP contribution in [0.1, 0.15) is 10.0 Å². The number of fused-ring (bicyclic) bond motifs is 2. The molecule has 0 saturated carbocycles. The summed E-state index contributed by atoms with van der Waals surface area (Å²) in [5.41, 5.74) is 4.06. The molecule has 0 radical (unpaired) electrons. The van der Waals surface area contributed by atoms with Crippen molar-refractivity contribution in [2.24, 2.45) is 0 Å². The van der Waals surface area contributed by atoms with Crippen molar-refractivity contribution in [3.8, 4) is 34.0 Å². The fourth-order valence-electron chi connectivity index (χ4n) is 5.23. The average molecular weight is 867 g/mol. The van der Waals surface area contributed by atoms with Gasteiger partial charge in [0.15, 0.2) is 0 Å². The number of aromatic nitrogens is 8. The minimum absolute atomic E-state index is 0.0310. The van der Waals surface area contributed by atoms with Crippen LogP contribution < -0.4 is 20.1 Å². The summed E-state index contributed by atoms with van der Waals surface area (Å²) in [6.07, 6.45) is 3.05. The Morgan fingerprint density at radius 2 is 1.09 bits per heavy atom. The van der Waals surface area contributed by atoms with Crippen LogP contribution in [-0.4, -0.2) is 65.8 Å². The number of aliphatic hydroxyl groups is 1. The van der Waals surface area contributed by atoms with Crippen molar-refractivity contribution in [3.63, 3.8) is 0 Å². The smallest absolute Gasteiger partial charge is 0.243 e. The maximum Gasteiger partial charge on any atom is 0.243 e. The van der Waals surface area contributed by atoms with Crippen LogP contribution in [0.4, 0.5) is 11.9 Å². The van der Waals surface area contributed by atoms with E-state index in [1.165, 1.54) is 12.4 Å². The first-order valence-corrected chi connectivity index (χ1v) is 19.7. The predicted molar refractivity (Wildman–Crippen MR) is 224 cm³/mol. The molecule has 4 heterocycles. The summed E-state index contributed by atoms with van der Waals surface area (Å²) in [5.74, 6) is 2.18. The van der Waals surface area contributed by atoms with Gasteiger partial charge in [-0.15, -0.1) is 32.9 Å². The highest BCUT2D eigenvalue weighted by Gasteiger charge is 2.14. The molecule has 0 bridgehead atoms. The summed E-state index contributed by atoms with van der Waals surface area (Å²) in [4.78, 5) is 18.1. The number of anilines is 2. The average Bonchev–Trinajstić information content (AvgIpc) is 3.82. The Hall–Kier alpha value is -5.00. The number of rotatable bonds is 12. The molecule has 56 heavy (non-hydrogen) atoms. The standard InChI is InChI=1S/C19H15Cl2N5O2S.C18H13Cl2N5OS/c20-12-2-1-3-13(21)18(12)15-9-23-26-19(25-15)22-10-17-24-14-8-11(28-7-6-27)4-5-16(14)29-17;1-26-10-5-6-15-13(7-10)23-16(27-15)9-21-18-24-14(8-22-25-18)17-11(19)3-2-4-12(17)20/h1-5,8-9,27H,6-7,10H2,(H,22,25,26);2-8H,9H2,1H3,(H,21,24,25). The first-order chi connectivity index (χ1) is 27.3. The Labute approximate surface area is 347 Å². The Bertz CT molecular complexity index is 2590. The summed E-state index contributed by atoms with van der Waals surface area (Å²) in [6.45, 7) is 1.13. The molecule has 4 aromatic carbocycles. The van der Waals surface area contributed by atoms with Gasteiger partial charge in [-0.05, 0) is 48.5 Å². The molecule has 19 heteroatoms. The van der Waals surface area contributed by atoms with Gasteiger partial charge in [0, 0.05) is 23.3 Å². The minimum Gasteiger partial charge on any atom is -0.497 e. The van der Waals surface area contributed by atoms with E-state index in [-0.39, 0.29) is 13.2 Å². The zero-order valence-corrected chi connectivity index (χ0v) is 33.7. The number of thiazole rings is 2. The van der Waals surface area contributed by atoms with Crippen LogP contribution in [0.25, 0.3) is 42.9 Å². The number of hydrogen-bond donors (Lipinski definition) is 3. The zero-order chi connectivity index (χ0) is 39.0. The Kier molecular flexibility index (Phi) is 12.8. The highest BCUT2D eigenvalue weighted by molar-refractivity contribution is 7.18. The molecule has 0 amide bonds. The second-order valence-corrected chi connectivity index (χ2v) is 15.3. The SMILES string of the molecule is COc1ccc2sc(CNc3nncc(-c4c(Cl)cccc4Cl)n3)nc2c1.OCCOc1ccc2sc(CNc3nncc(-c4c(Cl)cccc4Cl)n3)nc2c1. The van der Waals surface area contributed by atoms with Crippen molar-refractivity contribution in [1.82, 2.24) is 40.3 Å². The van der Waals surface area contributed by atoms with Gasteiger partial charge in [-0.1, -0.05) is 58.5 Å². The number of nitrogens with one attached hydrogen (secondary N) is 2. The van der Waals surface area contributed by atoms with E-state index in [1.807, 2.05) is 36.4 Å². The zero-order valence-electron chi connectivity index (χ0n) is 29.1. The third kappa shape index (κ3) is 9.50. The molecule has 284 valence electrons. The van der Waals surface area contributed by atoms with E-state index in [0.29, 0.717) is 73.3 Å². The fourth-order valence-corrected chi connectivity index (χ4v) is 8.19. The van der Waals surface area contributed by atoms with Gasteiger partial charge in [-0.3, -0.25) is 0 Å². The molecule has 0 aliphatic carbocycles. The molecule has 13 nitrogen and oxygen atoms in total. The Morgan fingerprint density at radius 1 is 0.625 bits per heavy atom. The number of nitrogens with zero attached hydrogens (tertiary/aromatic N) is 8. The molecule has 0 aliphatic rings. The maximum absolute atomic E-state index is 8.87. The molecular weight excluding hydrogens is 838 g/mol. The van der Waals surface area contributed by atoms with Gasteiger partial charge >= 0.3 is 0 Å². The molecule has 0 saturated heterocycles. The topological polar surface area (TPSA) is 166 Å². The minimum atomic E-state index is -0.0310. The van der Waals surface area contributed by atoms with Gasteiger partial charge in [0.1, 0.15) is 28.1 Å². The normalized spacial score (nSPS) is 11.0. The fraction of sp³-hybridized carbons (Fsp3) is 0.135. The lowest BCUT2D eigenvalue weighted by atomic mass is 10.1. The first-order valence-electron chi connectivity index (χ1n) is 16.6. The summed E-state index contributed by atoms with van der Waals surface area (Å²) in [5, 5.41) is 34.9. The van der Waals surface area contributed by atoms with Gasteiger partial charge in [-0.25, -0.2) is 19.9 Å². The lowest BCUT2D eigenvalue weighted by Crippen LogP contribution is -2.05. The molecule has 0 aliphatic heterocycles. The van der Waals surface area contributed by atoms with Gasteiger partial charge in [-0.2, -0.15) is 10.2 Å². The summed E-state index contributed by atoms with van der Waals surface area (Å²) >= 11 is 28.2. The lowest BCUT2D eigenvalue weighted by molar-refractivity contribution is 0.201. The van der Waals surface area contributed by atoms with E-state index in [4.69, 9.17) is 61.0 Å². The van der Waals surface area contributed by atoms with Crippen LogP contribution >= 0.6 is 69.1 Å². The summed E-state index contributed by atoms with van der Waals surface area (Å²) < 4.78 is 12.8. The number of hydrogen-bond acceptors (Lipinski definition) is 15. The molecule has 3 N–H and O–H groups in total. The van der Waals surface area contributed by atoms with Crippen LogP contribution in [-0.2, 0) is 13.1 Å². The Balaban J connectivity index is 0.000000172. The first kappa shape index (κ1) is 39.2. The second kappa shape index (κ2) is 18.3. The van der Waals surface area contributed by atoms with Crippen LogP contribution in [0.5, 0.6) is 11.5 Å². The number of ether oxygens (including phenoxy) is 2. The van der Waals surface area contributed by atoms with Gasteiger partial charge in [0.2, 0.25) is 11.9 Å². The number of methoxy groups -OCH3 is 1. The van der Waals surface area contributed by atoms with E-state index in [1.54, 1.807) is 66.2 Å². The van der Waals surface area contributed by atoms with E-state index < -0.39 is 0 Å². The monoisotopic (exact) mass is 864 g/mol. The largest absolute Gasteiger partial charge is 0.497 e. The second-order valence-electron chi connectivity index (χ2n) is 11.5. The molecule has 0 fully saturated rings. The predicted octanol–water partition coefficient (Wildman–Crippen LogP) is 9.51. The van der Waals surface area contributed by atoms with Crippen molar-refractivity contribution in [2.45, 2.75) is 13.1 Å². The van der Waals surface area contributed by atoms with Crippen molar-refractivity contribution in [2.75, 3.05) is 31.0 Å². The summed E-state index contributed by atoms with van der Waals surface area (Å²) in [6, 6.07) is 22.0. The molecule has 0 spiro atoms. The third-order valence-electron chi connectivity index (χ3n) is 7.75. The van der Waals surface area contributed by atoms with Crippen LogP contribution in [0.2, 0.25) is 20.1 Å². The van der Waals surface area contributed by atoms with E-state index in [9.17, 15) is 0 Å². The van der Waals surface area contributed by atoms with E-state index >= 15 is 0 Å². The number of aliphatic hydroxyl groups excluding tert-OH is 1. The van der Waals surface area contributed by atoms with Crippen molar-refractivity contribution in [3.05, 3.63) is 115 Å². The van der Waals surface area contributed by atoms with Gasteiger partial charge < -0.3 is 25.2 Å². The molecule has 0 unspecified atom stereocenters. The van der Waals surface area contributed by atoms with Gasteiger partial charge in [0.25, 0.3) is 0 Å². The quantitative estimate of drug-likeness (QED) is 0.106. The molecule has 4 aromatic heterocycles. The summed E-state index contributed by atoms with van der Waals surface area (Å²) in [7, 11) is 1.64. The molecular formula is C37H28Cl4N10O3S2. The number of benzene rings is 4. The maximum atomic E-state index is 8.87. The van der Waals surface area contributed by atoms with Gasteiger partial charge in [0.05, 0.1) is 91.1 Å². The molecule has 0 atom stereocenters. The third-order valence-corrected chi connectivity index (χ3v) is 11.1. The molecule has 8 rings (SSSR count). The highest BCUT2D eigenvalue weighted by Crippen LogP contribution is 2.35. The van der Waals surface area contributed by atoms with Crippen molar-refractivity contribution in [1.29, 1.82) is 0 Å². The van der Waals surface area contributed by atoms with E-state index in [2.05, 4.69) is 51.0 Å². The van der Waals surface area contributed by atoms with Crippen molar-refractivity contribution < 1.29 is 14.6 Å². The van der Waals surface area contributed by atoms with Crippen LogP contribution in [0.15, 0.2) is 85.2 Å². The lowest BCUT2D eigenvalue weighted by Gasteiger charge is -2.07. The molecule has 8 aromatic rings. The highest BCUT2D eigenvalue weighted by atomic mass is 35.5. The van der Waals surface area contributed by atoms with Crippen molar-refractivity contribution >= 4 is 101 Å². The number of halogens is 4. The Morgan fingerprint density at radius 3 is 1.55 bits per heavy atom. The van der Waals surface area contributed by atoms with E-state index in [0.717, 1.165) is 36.2 Å². The van der Waals surface area contributed by atoms with Crippen LogP contribution in [0.3, 0.4) is 0 Å².